The lowest BCUT2D eigenvalue weighted by Crippen LogP contribution is -2.19. The third kappa shape index (κ3) is 5.05. The van der Waals surface area contributed by atoms with Gasteiger partial charge in [0.05, 0.1) is 13.2 Å². The number of fused-ring (bicyclic) bond motifs is 1. The molecule has 0 radical (unpaired) electrons. The molecule has 1 aliphatic rings. The topological polar surface area (TPSA) is 128 Å². The number of hydrogen-bond donors (Lipinski definition) is 2. The van der Waals surface area contributed by atoms with E-state index in [1.165, 1.54) is 12.8 Å². The average Bonchev–Trinajstić information content (AvgIpc) is 3.52. The van der Waals surface area contributed by atoms with Gasteiger partial charge in [0.25, 0.3) is 5.88 Å². The summed E-state index contributed by atoms with van der Waals surface area (Å²) in [6, 6.07) is 3.79. The SMILES string of the molecule is CCN(C)c1nc(Nc2cc(C)ccn2)c2c(n1)c(OC(=O)O)nn2CCOCC1CC1. The number of carbonyl (C=O) groups is 1. The summed E-state index contributed by atoms with van der Waals surface area (Å²) >= 11 is 0. The summed E-state index contributed by atoms with van der Waals surface area (Å²) in [7, 11) is 1.85. The van der Waals surface area contributed by atoms with E-state index in [1.807, 2.05) is 37.9 Å². The van der Waals surface area contributed by atoms with Crippen molar-refractivity contribution in [3.05, 3.63) is 23.9 Å². The fraction of sp³-hybridized carbons (Fsp3) is 0.476. The first kappa shape index (κ1) is 21.8. The van der Waals surface area contributed by atoms with E-state index in [9.17, 15) is 9.90 Å². The maximum Gasteiger partial charge on any atom is 0.512 e. The molecule has 0 aromatic carbocycles. The molecule has 0 bridgehead atoms. The number of aryl methyl sites for hydroxylation is 1. The molecule has 1 aliphatic carbocycles. The van der Waals surface area contributed by atoms with Crippen LogP contribution in [0.25, 0.3) is 11.0 Å². The zero-order valence-electron chi connectivity index (χ0n) is 18.4. The largest absolute Gasteiger partial charge is 0.512 e. The van der Waals surface area contributed by atoms with Crippen molar-refractivity contribution in [1.82, 2.24) is 24.7 Å². The molecule has 3 aromatic heterocycles. The zero-order valence-corrected chi connectivity index (χ0v) is 18.4. The fourth-order valence-electron chi connectivity index (χ4n) is 3.17. The summed E-state index contributed by atoms with van der Waals surface area (Å²) in [4.78, 5) is 26.7. The molecule has 1 fully saturated rings. The zero-order chi connectivity index (χ0) is 22.7. The van der Waals surface area contributed by atoms with Gasteiger partial charge in [-0.15, -0.1) is 5.10 Å². The van der Waals surface area contributed by atoms with Crippen LogP contribution in [-0.4, -0.2) is 62.8 Å². The van der Waals surface area contributed by atoms with Crippen LogP contribution < -0.4 is 15.0 Å². The van der Waals surface area contributed by atoms with Crippen LogP contribution in [0.1, 0.15) is 25.3 Å². The van der Waals surface area contributed by atoms with Crippen molar-refractivity contribution >= 4 is 34.8 Å². The lowest BCUT2D eigenvalue weighted by atomic mass is 10.3. The minimum atomic E-state index is -1.46. The van der Waals surface area contributed by atoms with Gasteiger partial charge in [0.1, 0.15) is 11.3 Å². The Kier molecular flexibility index (Phi) is 6.35. The minimum absolute atomic E-state index is 0.0944. The Labute approximate surface area is 185 Å². The van der Waals surface area contributed by atoms with Gasteiger partial charge in [-0.25, -0.2) is 14.8 Å². The molecular weight excluding hydrogens is 414 g/mol. The predicted octanol–water partition coefficient (Wildman–Crippen LogP) is 3.21. The standard InChI is InChI=1S/C21H27N7O4/c1-4-27(3)20-24-16-17(18(25-20)23-15-11-13(2)7-8-22-15)28(26-19(16)32-21(29)30)9-10-31-12-14-5-6-14/h7-8,11,14H,4-6,9-10,12H2,1-3H3,(H,29,30)(H,22,23,24,25). The molecule has 2 N–H and O–H groups in total. The third-order valence-corrected chi connectivity index (χ3v) is 5.20. The minimum Gasteiger partial charge on any atom is -0.449 e. The van der Waals surface area contributed by atoms with Gasteiger partial charge in [-0.05, 0) is 50.3 Å². The smallest absolute Gasteiger partial charge is 0.449 e. The molecule has 4 rings (SSSR count). The molecule has 0 atom stereocenters. The van der Waals surface area contributed by atoms with E-state index in [2.05, 4.69) is 25.4 Å². The summed E-state index contributed by atoms with van der Waals surface area (Å²) in [5.41, 5.74) is 1.86. The number of aromatic nitrogens is 5. The van der Waals surface area contributed by atoms with Gasteiger partial charge in [-0.2, -0.15) is 4.98 Å². The Morgan fingerprint density at radius 1 is 1.38 bits per heavy atom. The second-order valence-electron chi connectivity index (χ2n) is 7.84. The number of hydrogen-bond acceptors (Lipinski definition) is 9. The molecule has 3 heterocycles. The highest BCUT2D eigenvalue weighted by molar-refractivity contribution is 5.92. The van der Waals surface area contributed by atoms with Crippen molar-refractivity contribution in [2.45, 2.75) is 33.2 Å². The Balaban J connectivity index is 1.76. The first-order valence-electron chi connectivity index (χ1n) is 10.6. The van der Waals surface area contributed by atoms with Crippen LogP contribution in [-0.2, 0) is 11.3 Å². The molecule has 0 unspecified atom stereocenters. The number of ether oxygens (including phenoxy) is 2. The summed E-state index contributed by atoms with van der Waals surface area (Å²) < 4.78 is 12.3. The Morgan fingerprint density at radius 2 is 2.19 bits per heavy atom. The van der Waals surface area contributed by atoms with Crippen molar-refractivity contribution < 1.29 is 19.4 Å². The molecule has 170 valence electrons. The number of rotatable bonds is 10. The predicted molar refractivity (Wildman–Crippen MR) is 119 cm³/mol. The van der Waals surface area contributed by atoms with E-state index in [0.29, 0.717) is 54.2 Å². The number of carboxylic acid groups (broad SMARTS) is 1. The maximum atomic E-state index is 11.3. The second-order valence-corrected chi connectivity index (χ2v) is 7.84. The monoisotopic (exact) mass is 441 g/mol. The molecule has 0 aliphatic heterocycles. The average molecular weight is 441 g/mol. The number of nitrogens with zero attached hydrogens (tertiary/aromatic N) is 6. The van der Waals surface area contributed by atoms with Crippen LogP contribution in [0.5, 0.6) is 5.88 Å². The first-order chi connectivity index (χ1) is 15.4. The summed E-state index contributed by atoms with van der Waals surface area (Å²) in [5, 5.41) is 16.8. The molecule has 3 aromatic rings. The summed E-state index contributed by atoms with van der Waals surface area (Å²) in [6.45, 7) is 6.15. The van der Waals surface area contributed by atoms with E-state index < -0.39 is 6.16 Å². The van der Waals surface area contributed by atoms with Crippen LogP contribution in [0.2, 0.25) is 0 Å². The van der Waals surface area contributed by atoms with Crippen LogP contribution in [0.4, 0.5) is 22.4 Å². The van der Waals surface area contributed by atoms with E-state index in [4.69, 9.17) is 9.47 Å². The highest BCUT2D eigenvalue weighted by atomic mass is 16.7. The van der Waals surface area contributed by atoms with Gasteiger partial charge in [0, 0.05) is 26.4 Å². The molecular formula is C21H27N7O4. The highest BCUT2D eigenvalue weighted by Gasteiger charge is 2.24. The van der Waals surface area contributed by atoms with Crippen molar-refractivity contribution in [2.24, 2.45) is 5.92 Å². The third-order valence-electron chi connectivity index (χ3n) is 5.20. The van der Waals surface area contributed by atoms with Crippen molar-refractivity contribution in [3.8, 4) is 5.88 Å². The van der Waals surface area contributed by atoms with E-state index in [1.54, 1.807) is 10.9 Å². The van der Waals surface area contributed by atoms with Crippen LogP contribution in [0.3, 0.4) is 0 Å². The molecule has 11 nitrogen and oxygen atoms in total. The van der Waals surface area contributed by atoms with Gasteiger partial charge in [0.2, 0.25) is 5.95 Å². The quantitative estimate of drug-likeness (QED) is 0.357. The molecule has 32 heavy (non-hydrogen) atoms. The van der Waals surface area contributed by atoms with E-state index in [-0.39, 0.29) is 5.88 Å². The molecule has 0 spiro atoms. The second kappa shape index (κ2) is 9.35. The number of anilines is 3. The normalized spacial score (nSPS) is 13.3. The number of nitrogens with one attached hydrogen (secondary N) is 1. The molecule has 1 saturated carbocycles. The van der Waals surface area contributed by atoms with Gasteiger partial charge in [-0.3, -0.25) is 4.68 Å². The Bertz CT molecular complexity index is 1110. The lowest BCUT2D eigenvalue weighted by molar-refractivity contribution is 0.115. The Hall–Kier alpha value is -3.47. The van der Waals surface area contributed by atoms with Crippen molar-refractivity contribution in [1.29, 1.82) is 0 Å². The van der Waals surface area contributed by atoms with Crippen LogP contribution >= 0.6 is 0 Å². The Morgan fingerprint density at radius 3 is 2.88 bits per heavy atom. The maximum absolute atomic E-state index is 11.3. The summed E-state index contributed by atoms with van der Waals surface area (Å²) in [5.74, 6) is 2.03. The highest BCUT2D eigenvalue weighted by Crippen LogP contribution is 2.32. The lowest BCUT2D eigenvalue weighted by Gasteiger charge is -2.16. The van der Waals surface area contributed by atoms with Crippen LogP contribution in [0, 0.1) is 12.8 Å². The van der Waals surface area contributed by atoms with Crippen LogP contribution in [0.15, 0.2) is 18.3 Å². The number of pyridine rings is 1. The van der Waals surface area contributed by atoms with Gasteiger partial charge in [0.15, 0.2) is 11.3 Å². The fourth-order valence-corrected chi connectivity index (χ4v) is 3.17. The molecule has 11 heteroatoms. The van der Waals surface area contributed by atoms with Gasteiger partial charge in [-0.1, -0.05) is 0 Å². The van der Waals surface area contributed by atoms with Gasteiger partial charge < -0.3 is 24.8 Å². The molecule has 0 saturated heterocycles. The van der Waals surface area contributed by atoms with E-state index in [0.717, 1.165) is 12.2 Å². The van der Waals surface area contributed by atoms with Gasteiger partial charge >= 0.3 is 6.16 Å². The van der Waals surface area contributed by atoms with Crippen molar-refractivity contribution in [2.75, 3.05) is 37.0 Å². The van der Waals surface area contributed by atoms with E-state index >= 15 is 0 Å². The molecule has 0 amide bonds. The van der Waals surface area contributed by atoms with Crippen molar-refractivity contribution in [3.63, 3.8) is 0 Å². The summed E-state index contributed by atoms with van der Waals surface area (Å²) in [6.07, 6.45) is 2.67. The first-order valence-corrected chi connectivity index (χ1v) is 10.6.